The quantitative estimate of drug-likeness (QED) is 0.277. The number of para-hydroxylation sites is 2. The number of thiophene rings is 1. The van der Waals surface area contributed by atoms with Crippen molar-refractivity contribution in [1.82, 2.24) is 14.3 Å². The number of hydrogen-bond donors (Lipinski definition) is 1. The Morgan fingerprint density at radius 2 is 1.79 bits per heavy atom. The molecule has 38 heavy (non-hydrogen) atoms. The van der Waals surface area contributed by atoms with Gasteiger partial charge in [-0.25, -0.2) is 18.5 Å². The number of oxazole rings is 1. The van der Waals surface area contributed by atoms with Crippen molar-refractivity contribution in [2.45, 2.75) is 4.90 Å². The van der Waals surface area contributed by atoms with Crippen LogP contribution in [0, 0.1) is 0 Å². The van der Waals surface area contributed by atoms with Crippen molar-refractivity contribution < 1.29 is 13.4 Å². The van der Waals surface area contributed by atoms with E-state index in [9.17, 15) is 9.00 Å². The van der Waals surface area contributed by atoms with Crippen LogP contribution in [0.4, 0.5) is 11.4 Å². The first-order valence-corrected chi connectivity index (χ1v) is 14.8. The number of rotatable bonds is 7. The van der Waals surface area contributed by atoms with Gasteiger partial charge < -0.3 is 14.6 Å². The Balaban J connectivity index is 1.10. The topological polar surface area (TPSA) is 91.6 Å². The molecular weight excluding hydrogens is 539 g/mol. The van der Waals surface area contributed by atoms with E-state index in [-0.39, 0.29) is 5.91 Å². The molecule has 0 radical (unpaired) electrons. The summed E-state index contributed by atoms with van der Waals surface area (Å²) in [6, 6.07) is 19.3. The number of benzene rings is 2. The molecule has 6 rings (SSSR count). The van der Waals surface area contributed by atoms with Gasteiger partial charge in [-0.1, -0.05) is 18.2 Å². The molecule has 5 aromatic rings. The van der Waals surface area contributed by atoms with Crippen LogP contribution in [0.5, 0.6) is 0 Å². The lowest BCUT2D eigenvalue weighted by molar-refractivity contribution is 0.102. The molecule has 1 N–H and O–H groups in total. The predicted octanol–water partition coefficient (Wildman–Crippen LogP) is 5.62. The highest BCUT2D eigenvalue weighted by Crippen LogP contribution is 2.30. The molecule has 1 aliphatic rings. The van der Waals surface area contributed by atoms with Gasteiger partial charge in [-0.3, -0.25) is 4.79 Å². The molecule has 1 amide bonds. The first-order valence-electron chi connectivity index (χ1n) is 12.0. The van der Waals surface area contributed by atoms with Gasteiger partial charge in [0.1, 0.15) is 21.7 Å². The van der Waals surface area contributed by atoms with E-state index in [2.05, 4.69) is 20.2 Å². The Bertz CT molecular complexity index is 1540. The molecule has 3 aromatic heterocycles. The average molecular weight is 562 g/mol. The number of nitrogens with one attached hydrogen (secondary N) is 1. The fraction of sp³-hybridized carbons (Fsp3) is 0.148. The van der Waals surface area contributed by atoms with Crippen molar-refractivity contribution in [3.05, 3.63) is 89.7 Å². The second kappa shape index (κ2) is 11.0. The monoisotopic (exact) mass is 561 g/mol. The largest absolute Gasteiger partial charge is 0.444 e. The zero-order valence-corrected chi connectivity index (χ0v) is 22.6. The van der Waals surface area contributed by atoms with Crippen LogP contribution >= 0.6 is 22.7 Å². The number of hydrogen-bond acceptors (Lipinski definition) is 8. The van der Waals surface area contributed by atoms with Gasteiger partial charge in [0.2, 0.25) is 0 Å². The van der Waals surface area contributed by atoms with Gasteiger partial charge in [-0.15, -0.1) is 22.7 Å². The third-order valence-corrected chi connectivity index (χ3v) is 9.60. The Kier molecular flexibility index (Phi) is 7.14. The summed E-state index contributed by atoms with van der Waals surface area (Å²) in [4.78, 5) is 25.5. The van der Waals surface area contributed by atoms with Crippen molar-refractivity contribution in [2.24, 2.45) is 0 Å². The summed E-state index contributed by atoms with van der Waals surface area (Å²) in [5.74, 6) is 0.449. The van der Waals surface area contributed by atoms with Crippen molar-refractivity contribution in [3.63, 3.8) is 0 Å². The van der Waals surface area contributed by atoms with Crippen LogP contribution < -0.4 is 10.2 Å². The normalized spacial score (nSPS) is 14.9. The van der Waals surface area contributed by atoms with Crippen molar-refractivity contribution in [1.29, 1.82) is 0 Å². The van der Waals surface area contributed by atoms with Crippen molar-refractivity contribution >= 4 is 50.9 Å². The highest BCUT2D eigenvalue weighted by molar-refractivity contribution is 7.82. The maximum atomic E-state index is 13.2. The van der Waals surface area contributed by atoms with E-state index in [1.54, 1.807) is 22.9 Å². The number of nitrogens with zero attached hydrogens (tertiary/aromatic N) is 4. The van der Waals surface area contributed by atoms with E-state index < -0.39 is 11.0 Å². The summed E-state index contributed by atoms with van der Waals surface area (Å²) in [7, 11) is -1.26. The number of aromatic nitrogens is 2. The molecule has 4 heterocycles. The fourth-order valence-electron chi connectivity index (χ4n) is 4.27. The van der Waals surface area contributed by atoms with Crippen LogP contribution in [0.25, 0.3) is 21.2 Å². The molecule has 1 atom stereocenters. The molecule has 1 aliphatic heterocycles. The SMILES string of the molecule is O=C(Nc1ccccc1N1CCN(S(=O)c2ccc(-c3cnco3)cc2)CC1)c1csc(-c2cccs2)n1. The maximum absolute atomic E-state index is 13.2. The van der Waals surface area contributed by atoms with Crippen LogP contribution in [0.2, 0.25) is 0 Å². The molecule has 11 heteroatoms. The van der Waals surface area contributed by atoms with Gasteiger partial charge in [0.25, 0.3) is 5.91 Å². The van der Waals surface area contributed by atoms with Crippen molar-refractivity contribution in [3.8, 4) is 21.2 Å². The molecule has 1 unspecified atom stereocenters. The van der Waals surface area contributed by atoms with Gasteiger partial charge >= 0.3 is 0 Å². The molecular formula is C27H23N5O3S3. The van der Waals surface area contributed by atoms with Gasteiger partial charge in [-0.2, -0.15) is 0 Å². The minimum atomic E-state index is -1.26. The van der Waals surface area contributed by atoms with Crippen molar-refractivity contribution in [2.75, 3.05) is 36.4 Å². The third kappa shape index (κ3) is 5.18. The van der Waals surface area contributed by atoms with Crippen LogP contribution in [-0.2, 0) is 11.0 Å². The lowest BCUT2D eigenvalue weighted by Gasteiger charge is -2.36. The highest BCUT2D eigenvalue weighted by atomic mass is 32.2. The maximum Gasteiger partial charge on any atom is 0.275 e. The first kappa shape index (κ1) is 24.7. The summed E-state index contributed by atoms with van der Waals surface area (Å²) < 4.78 is 20.5. The summed E-state index contributed by atoms with van der Waals surface area (Å²) in [5.41, 5.74) is 2.98. The fourth-order valence-corrected chi connectivity index (χ4v) is 7.05. The molecule has 0 saturated carbocycles. The smallest absolute Gasteiger partial charge is 0.275 e. The standard InChI is InChI=1S/C27H23N5O3S3/c33-26(22-17-37-27(30-22)25-6-3-15-36-25)29-21-4-1-2-5-23(21)31-11-13-32(14-12-31)38(34)20-9-7-19(8-10-20)24-16-28-18-35-24/h1-10,15-18H,11-14H2,(H,29,33). The second-order valence-electron chi connectivity index (χ2n) is 8.54. The van der Waals surface area contributed by atoms with E-state index in [0.29, 0.717) is 37.6 Å². The Morgan fingerprint density at radius 1 is 0.974 bits per heavy atom. The lowest BCUT2D eigenvalue weighted by Crippen LogP contribution is -2.47. The average Bonchev–Trinajstić information content (AvgIpc) is 3.76. The summed E-state index contributed by atoms with van der Waals surface area (Å²) in [6.07, 6.45) is 3.05. The van der Waals surface area contributed by atoms with Gasteiger partial charge in [0.05, 0.1) is 27.3 Å². The van der Waals surface area contributed by atoms with E-state index in [0.717, 1.165) is 31.7 Å². The molecule has 0 aliphatic carbocycles. The minimum absolute atomic E-state index is 0.231. The molecule has 1 fully saturated rings. The van der Waals surface area contributed by atoms with Crippen LogP contribution in [0.1, 0.15) is 10.5 Å². The third-order valence-electron chi connectivity index (χ3n) is 6.21. The minimum Gasteiger partial charge on any atom is -0.444 e. The van der Waals surface area contributed by atoms with E-state index in [1.165, 1.54) is 17.7 Å². The van der Waals surface area contributed by atoms with Gasteiger partial charge in [-0.05, 0) is 47.8 Å². The van der Waals surface area contributed by atoms with Gasteiger partial charge in [0, 0.05) is 37.1 Å². The molecule has 0 bridgehead atoms. The van der Waals surface area contributed by atoms with Crippen LogP contribution in [0.3, 0.4) is 0 Å². The van der Waals surface area contributed by atoms with E-state index in [1.807, 2.05) is 70.3 Å². The first-order chi connectivity index (χ1) is 18.7. The summed E-state index contributed by atoms with van der Waals surface area (Å²) in [5, 5.41) is 7.67. The Morgan fingerprint density at radius 3 is 2.53 bits per heavy atom. The van der Waals surface area contributed by atoms with Crippen LogP contribution in [0.15, 0.2) is 93.3 Å². The van der Waals surface area contributed by atoms with E-state index >= 15 is 0 Å². The summed E-state index contributed by atoms with van der Waals surface area (Å²) >= 11 is 3.07. The van der Waals surface area contributed by atoms with Crippen LogP contribution in [-0.4, -0.2) is 50.6 Å². The lowest BCUT2D eigenvalue weighted by atomic mass is 10.2. The molecule has 8 nitrogen and oxygen atoms in total. The zero-order valence-electron chi connectivity index (χ0n) is 20.1. The van der Waals surface area contributed by atoms with E-state index in [4.69, 9.17) is 4.42 Å². The highest BCUT2D eigenvalue weighted by Gasteiger charge is 2.24. The number of thiazole rings is 1. The molecule has 192 valence electrons. The number of carbonyl (C=O) groups is 1. The zero-order chi connectivity index (χ0) is 25.9. The number of anilines is 2. The second-order valence-corrected chi connectivity index (χ2v) is 11.8. The number of carbonyl (C=O) groups excluding carboxylic acids is 1. The summed E-state index contributed by atoms with van der Waals surface area (Å²) in [6.45, 7) is 2.64. The Hall–Kier alpha value is -3.64. The van der Waals surface area contributed by atoms with Gasteiger partial charge in [0.15, 0.2) is 12.2 Å². The number of amides is 1. The Labute approximate surface area is 230 Å². The number of piperazine rings is 1. The molecule has 1 saturated heterocycles. The molecule has 0 spiro atoms. The molecule has 2 aromatic carbocycles. The predicted molar refractivity (Wildman–Crippen MR) is 152 cm³/mol.